The molecule has 0 radical (unpaired) electrons. The van der Waals surface area contributed by atoms with Crippen molar-refractivity contribution in [3.8, 4) is 0 Å². The molecule has 0 aliphatic carbocycles. The Morgan fingerprint density at radius 1 is 1.38 bits per heavy atom. The highest BCUT2D eigenvalue weighted by atomic mass is 32.2. The number of aliphatic carboxylic acids is 1. The third kappa shape index (κ3) is 4.61. The number of rotatable bonds is 8. The van der Waals surface area contributed by atoms with E-state index in [-0.39, 0.29) is 6.42 Å². The lowest BCUT2D eigenvalue weighted by Crippen LogP contribution is -2.40. The Morgan fingerprint density at radius 3 is 2.83 bits per heavy atom. The third-order valence-electron chi connectivity index (χ3n) is 4.66. The molecule has 5 unspecified atom stereocenters. The average molecular weight is 425 g/mol. The van der Waals surface area contributed by atoms with Crippen molar-refractivity contribution in [2.75, 3.05) is 17.2 Å². The minimum Gasteiger partial charge on any atom is -0.480 e. The fraction of sp³-hybridized carbons (Fsp3) is 0.529. The molecule has 1 amide bonds. The molecule has 1 aliphatic rings. The number of carboxylic acid groups (broad SMARTS) is 1. The van der Waals surface area contributed by atoms with Crippen LogP contribution in [-0.2, 0) is 14.3 Å². The van der Waals surface area contributed by atoms with Gasteiger partial charge in [0.15, 0.2) is 6.23 Å². The van der Waals surface area contributed by atoms with Gasteiger partial charge in [-0.3, -0.25) is 4.79 Å². The van der Waals surface area contributed by atoms with Crippen LogP contribution >= 0.6 is 11.8 Å². The number of carbonyl (C=O) groups excluding carboxylic acids is 1. The summed E-state index contributed by atoms with van der Waals surface area (Å²) in [4.78, 5) is 30.3. The molecule has 12 heteroatoms. The van der Waals surface area contributed by atoms with Crippen LogP contribution in [0.2, 0.25) is 0 Å². The molecule has 2 aromatic heterocycles. The number of hydrogen-bond acceptors (Lipinski definition) is 9. The average Bonchev–Trinajstić information content (AvgIpc) is 3.21. The number of aromatic nitrogens is 3. The van der Waals surface area contributed by atoms with E-state index in [1.165, 1.54) is 25.0 Å². The van der Waals surface area contributed by atoms with Crippen LogP contribution in [0.3, 0.4) is 0 Å². The van der Waals surface area contributed by atoms with Crippen LogP contribution in [0.25, 0.3) is 11.0 Å². The first kappa shape index (κ1) is 21.3. The summed E-state index contributed by atoms with van der Waals surface area (Å²) in [5, 5.41) is 32.9. The first-order valence-electron chi connectivity index (χ1n) is 8.96. The molecule has 29 heavy (non-hydrogen) atoms. The first-order valence-corrected chi connectivity index (χ1v) is 10.1. The van der Waals surface area contributed by atoms with Gasteiger partial charge in [-0.05, 0) is 18.2 Å². The lowest BCUT2D eigenvalue weighted by molar-refractivity contribution is -0.141. The van der Waals surface area contributed by atoms with Crippen molar-refractivity contribution in [3.05, 3.63) is 18.6 Å². The molecule has 11 nitrogen and oxygen atoms in total. The number of thioether (sulfide) groups is 1. The lowest BCUT2D eigenvalue weighted by atomic mass is 10.1. The molecule has 0 aromatic carbocycles. The van der Waals surface area contributed by atoms with E-state index < -0.39 is 42.5 Å². The van der Waals surface area contributed by atoms with Crippen molar-refractivity contribution in [2.45, 2.75) is 43.9 Å². The molecular weight excluding hydrogens is 402 g/mol. The molecule has 5 atom stereocenters. The van der Waals surface area contributed by atoms with Crippen LogP contribution in [0.15, 0.2) is 18.6 Å². The summed E-state index contributed by atoms with van der Waals surface area (Å²) in [6.45, 7) is 1.26. The zero-order chi connectivity index (χ0) is 21.1. The molecule has 3 heterocycles. The number of nitrogens with two attached hydrogens (primary N) is 1. The normalized spacial score (nSPS) is 25.2. The van der Waals surface area contributed by atoms with Crippen molar-refractivity contribution in [1.82, 2.24) is 19.9 Å². The largest absolute Gasteiger partial charge is 0.480 e. The van der Waals surface area contributed by atoms with Gasteiger partial charge in [0, 0.05) is 18.9 Å². The highest BCUT2D eigenvalue weighted by Gasteiger charge is 2.43. The van der Waals surface area contributed by atoms with E-state index in [1.807, 2.05) is 0 Å². The van der Waals surface area contributed by atoms with Gasteiger partial charge in [0.1, 0.15) is 36.0 Å². The second-order valence-electron chi connectivity index (χ2n) is 6.72. The van der Waals surface area contributed by atoms with Gasteiger partial charge in [0.25, 0.3) is 0 Å². The summed E-state index contributed by atoms with van der Waals surface area (Å²) in [5.74, 6) is -0.431. The van der Waals surface area contributed by atoms with Crippen LogP contribution in [0, 0.1) is 0 Å². The number of aliphatic hydroxyl groups excluding tert-OH is 2. The Morgan fingerprint density at radius 2 is 2.14 bits per heavy atom. The number of ether oxygens (including phenoxy) is 1. The topological polar surface area (TPSA) is 173 Å². The number of aliphatic hydroxyl groups is 2. The van der Waals surface area contributed by atoms with E-state index in [9.17, 15) is 19.8 Å². The second kappa shape index (κ2) is 8.95. The second-order valence-corrected chi connectivity index (χ2v) is 7.87. The number of carbonyl (C=O) groups is 2. The first-order chi connectivity index (χ1) is 13.8. The maximum absolute atomic E-state index is 11.1. The van der Waals surface area contributed by atoms with Gasteiger partial charge in [-0.25, -0.2) is 14.8 Å². The molecule has 0 spiro atoms. The predicted octanol–water partition coefficient (Wildman–Crippen LogP) is -0.655. The van der Waals surface area contributed by atoms with E-state index in [0.717, 1.165) is 0 Å². The lowest BCUT2D eigenvalue weighted by Gasteiger charge is -2.17. The number of nitrogens with zero attached hydrogens (tertiary/aromatic N) is 3. The van der Waals surface area contributed by atoms with Gasteiger partial charge in [-0.1, -0.05) is 0 Å². The van der Waals surface area contributed by atoms with E-state index >= 15 is 0 Å². The molecule has 0 saturated carbocycles. The number of nitrogens with one attached hydrogen (secondary N) is 1. The van der Waals surface area contributed by atoms with Gasteiger partial charge < -0.3 is 35.7 Å². The van der Waals surface area contributed by atoms with Crippen LogP contribution in [-0.4, -0.2) is 77.6 Å². The summed E-state index contributed by atoms with van der Waals surface area (Å²) < 4.78 is 7.45. The number of fused-ring (bicyclic) bond motifs is 1. The van der Waals surface area contributed by atoms with E-state index in [4.69, 9.17) is 15.6 Å². The van der Waals surface area contributed by atoms with Crippen molar-refractivity contribution in [2.24, 2.45) is 0 Å². The molecule has 1 aliphatic heterocycles. The Labute approximate surface area is 170 Å². The Hall–Kier alpha value is -2.41. The number of anilines is 1. The minimum absolute atomic E-state index is 0.229. The molecule has 6 N–H and O–H groups in total. The van der Waals surface area contributed by atoms with Crippen LogP contribution in [0.5, 0.6) is 0 Å². The van der Waals surface area contributed by atoms with Crippen LogP contribution in [0.1, 0.15) is 19.6 Å². The monoisotopic (exact) mass is 425 g/mol. The molecule has 158 valence electrons. The fourth-order valence-corrected chi connectivity index (χ4v) is 4.27. The summed E-state index contributed by atoms with van der Waals surface area (Å²) in [6, 6.07) is 0.743. The summed E-state index contributed by atoms with van der Waals surface area (Å²) in [6.07, 6.45) is -0.570. The predicted molar refractivity (Wildman–Crippen MR) is 105 cm³/mol. The Bertz CT molecular complexity index is 892. The Kier molecular flexibility index (Phi) is 6.57. The third-order valence-corrected chi connectivity index (χ3v) is 5.75. The Balaban J connectivity index is 1.59. The maximum atomic E-state index is 11.1. The zero-order valence-electron chi connectivity index (χ0n) is 15.6. The number of nitrogen functional groups attached to an aromatic ring is 1. The minimum atomic E-state index is -1.17. The standard InChI is InChI=1S/C17H23N5O6S/c1-8(23)21-10(17(26)27)3-5-29-6-11-12(24)13(25)16(28-11)22-4-2-9-14(18)19-7-20-15(9)22/h2,4,7,10-13,16,24-25H,3,5-6H2,1H3,(H,21,23)(H,26,27)(H2,18,19,20). The van der Waals surface area contributed by atoms with Crippen LogP contribution in [0.4, 0.5) is 5.82 Å². The van der Waals surface area contributed by atoms with Crippen LogP contribution < -0.4 is 11.1 Å². The smallest absolute Gasteiger partial charge is 0.326 e. The van der Waals surface area contributed by atoms with Gasteiger partial charge in [0.05, 0.1) is 11.5 Å². The SMILES string of the molecule is CC(=O)NC(CCSCC1OC(n2ccc3c(N)ncnc32)C(O)C1O)C(=O)O. The number of hydrogen-bond donors (Lipinski definition) is 5. The highest BCUT2D eigenvalue weighted by molar-refractivity contribution is 7.99. The van der Waals surface area contributed by atoms with Gasteiger partial charge in [-0.2, -0.15) is 11.8 Å². The number of carboxylic acids is 1. The van der Waals surface area contributed by atoms with E-state index in [2.05, 4.69) is 15.3 Å². The van der Waals surface area contributed by atoms with Crippen molar-refractivity contribution >= 4 is 40.5 Å². The van der Waals surface area contributed by atoms with Crippen molar-refractivity contribution < 1.29 is 29.6 Å². The van der Waals surface area contributed by atoms with Gasteiger partial charge in [0.2, 0.25) is 5.91 Å². The number of amides is 1. The zero-order valence-corrected chi connectivity index (χ0v) is 16.5. The molecule has 0 bridgehead atoms. The van der Waals surface area contributed by atoms with E-state index in [1.54, 1.807) is 16.8 Å². The molecule has 3 rings (SSSR count). The molecular formula is C17H23N5O6S. The quantitative estimate of drug-likeness (QED) is 0.342. The summed E-state index contributed by atoms with van der Waals surface area (Å²) >= 11 is 1.37. The van der Waals surface area contributed by atoms with Gasteiger partial charge >= 0.3 is 5.97 Å². The maximum Gasteiger partial charge on any atom is 0.326 e. The molecule has 1 saturated heterocycles. The van der Waals surface area contributed by atoms with Crippen molar-refractivity contribution in [3.63, 3.8) is 0 Å². The summed E-state index contributed by atoms with van der Waals surface area (Å²) in [7, 11) is 0. The van der Waals surface area contributed by atoms with E-state index in [0.29, 0.717) is 28.4 Å². The van der Waals surface area contributed by atoms with Crippen molar-refractivity contribution in [1.29, 1.82) is 0 Å². The molecule has 1 fully saturated rings. The fourth-order valence-electron chi connectivity index (χ4n) is 3.20. The van der Waals surface area contributed by atoms with Gasteiger partial charge in [-0.15, -0.1) is 0 Å². The molecule has 2 aromatic rings. The summed E-state index contributed by atoms with van der Waals surface area (Å²) in [5.41, 5.74) is 6.31. The highest BCUT2D eigenvalue weighted by Crippen LogP contribution is 2.34.